The fourth-order valence-electron chi connectivity index (χ4n) is 7.70. The molecule has 0 aromatic heterocycles. The molecule has 0 saturated heterocycles. The quantitative estimate of drug-likeness (QED) is 0.0272. The molecule has 10 nitrogen and oxygen atoms in total. The van der Waals surface area contributed by atoms with Crippen LogP contribution in [0.1, 0.15) is 179 Å². The maximum absolute atomic E-state index is 11.7. The van der Waals surface area contributed by atoms with E-state index in [0.717, 1.165) is 61.4 Å². The van der Waals surface area contributed by atoms with Crippen molar-refractivity contribution >= 4 is 58.0 Å². The van der Waals surface area contributed by atoms with E-state index in [9.17, 15) is 36.2 Å². The first kappa shape index (κ1) is 58.3. The molecule has 0 aliphatic carbocycles. The topological polar surface area (TPSA) is 173 Å². The van der Waals surface area contributed by atoms with Gasteiger partial charge in [-0.3, -0.25) is 4.55 Å². The third kappa shape index (κ3) is 25.8. The predicted octanol–water partition coefficient (Wildman–Crippen LogP) is 14.0. The first-order valence-electron chi connectivity index (χ1n) is 23.9. The van der Waals surface area contributed by atoms with Crippen molar-refractivity contribution in [3.8, 4) is 34.5 Å². The fraction of sp³-hybridized carbons (Fsp3) is 0.538. The smallest absolute Gasteiger partial charge is 0.872 e. The molecular formula is C52H74CaO10S2. The van der Waals surface area contributed by atoms with Crippen molar-refractivity contribution in [2.75, 3.05) is 0 Å². The maximum atomic E-state index is 11.7. The van der Waals surface area contributed by atoms with E-state index >= 15 is 0 Å². The van der Waals surface area contributed by atoms with Crippen LogP contribution in [0.25, 0.3) is 0 Å². The number of unbranched alkanes of at least 4 members (excludes halogenated alkanes) is 22. The molecule has 0 heterocycles. The Morgan fingerprint density at radius 2 is 0.831 bits per heavy atom. The number of phenols is 1. The van der Waals surface area contributed by atoms with Gasteiger partial charge >= 0.3 is 37.7 Å². The Balaban J connectivity index is 0.000000440. The summed E-state index contributed by atoms with van der Waals surface area (Å²) in [5.41, 5.74) is 2.04. The van der Waals surface area contributed by atoms with Crippen molar-refractivity contribution in [1.82, 2.24) is 0 Å². The molecule has 0 amide bonds. The van der Waals surface area contributed by atoms with E-state index in [-0.39, 0.29) is 55.0 Å². The van der Waals surface area contributed by atoms with E-state index in [2.05, 4.69) is 13.8 Å². The Labute approximate surface area is 421 Å². The zero-order valence-corrected chi connectivity index (χ0v) is 43.0. The zero-order chi connectivity index (χ0) is 46.5. The third-order valence-corrected chi connectivity index (χ3v) is 12.9. The average Bonchev–Trinajstić information content (AvgIpc) is 3.25. The first-order valence-corrected chi connectivity index (χ1v) is 26.8. The number of para-hydroxylation sites is 2. The van der Waals surface area contributed by atoms with E-state index in [4.69, 9.17) is 9.47 Å². The predicted molar refractivity (Wildman–Crippen MR) is 260 cm³/mol. The molecule has 0 atom stereocenters. The van der Waals surface area contributed by atoms with Crippen molar-refractivity contribution in [2.45, 2.75) is 191 Å². The molecule has 356 valence electrons. The Morgan fingerprint density at radius 1 is 0.477 bits per heavy atom. The van der Waals surface area contributed by atoms with Crippen molar-refractivity contribution in [2.24, 2.45) is 0 Å². The van der Waals surface area contributed by atoms with E-state index in [1.165, 1.54) is 153 Å². The summed E-state index contributed by atoms with van der Waals surface area (Å²) in [5.74, 6) is 0.579. The molecule has 0 aliphatic heterocycles. The van der Waals surface area contributed by atoms with Gasteiger partial charge in [0, 0.05) is 18.2 Å². The minimum Gasteiger partial charge on any atom is -0.872 e. The van der Waals surface area contributed by atoms with E-state index in [0.29, 0.717) is 11.5 Å². The van der Waals surface area contributed by atoms with E-state index in [1.54, 1.807) is 6.07 Å². The van der Waals surface area contributed by atoms with Crippen LogP contribution in [-0.4, -0.2) is 68.8 Å². The molecule has 0 bridgehead atoms. The molecular weight excluding hydrogens is 889 g/mol. The van der Waals surface area contributed by atoms with Crippen LogP contribution in [0.15, 0.2) is 94.7 Å². The standard InChI is InChI=1S/2C26H38O5S.Ca/c2*1-2-3-4-5-6-7-8-9-10-11-12-13-16-22-17-14-15-18-26(22)31-24-19-23(27)20-25(21-24)32(28,29)30;/h2*14-15,17-21,27H,2-13,16H2,1H3,(H,28,29,30);/q;;+2/p-2. The van der Waals surface area contributed by atoms with E-state index < -0.39 is 35.8 Å². The van der Waals surface area contributed by atoms with Crippen LogP contribution in [0.2, 0.25) is 0 Å². The molecule has 4 aromatic rings. The zero-order valence-electron chi connectivity index (χ0n) is 39.2. The Morgan fingerprint density at radius 3 is 1.22 bits per heavy atom. The molecule has 13 heteroatoms. The second-order valence-electron chi connectivity index (χ2n) is 16.9. The molecule has 0 unspecified atom stereocenters. The molecule has 0 radical (unpaired) electrons. The summed E-state index contributed by atoms with van der Waals surface area (Å²) >= 11 is 0. The van der Waals surface area contributed by atoms with Crippen LogP contribution >= 0.6 is 0 Å². The van der Waals surface area contributed by atoms with Crippen molar-refractivity contribution in [3.63, 3.8) is 0 Å². The molecule has 0 aliphatic rings. The van der Waals surface area contributed by atoms with Gasteiger partial charge in [-0.15, -0.1) is 5.75 Å². The number of aryl methyl sites for hydroxylation is 2. The molecule has 0 spiro atoms. The van der Waals surface area contributed by atoms with Gasteiger partial charge < -0.3 is 24.2 Å². The van der Waals surface area contributed by atoms with E-state index in [1.807, 2.05) is 42.5 Å². The number of hydrogen-bond acceptors (Lipinski definition) is 9. The number of ether oxygens (including phenoxy) is 2. The van der Waals surface area contributed by atoms with Crippen molar-refractivity contribution < 1.29 is 45.6 Å². The number of hydrogen-bond donors (Lipinski definition) is 2. The first-order chi connectivity index (χ1) is 30.8. The molecule has 0 fully saturated rings. The second-order valence-corrected chi connectivity index (χ2v) is 19.7. The van der Waals surface area contributed by atoms with Gasteiger partial charge in [-0.1, -0.05) is 198 Å². The van der Waals surface area contributed by atoms with Crippen LogP contribution in [0, 0.1) is 0 Å². The van der Waals surface area contributed by atoms with Crippen LogP contribution in [0.3, 0.4) is 0 Å². The van der Waals surface area contributed by atoms with Crippen LogP contribution in [-0.2, 0) is 33.1 Å². The summed E-state index contributed by atoms with van der Waals surface area (Å²) in [6, 6.07) is 21.8. The van der Waals surface area contributed by atoms with Crippen LogP contribution < -0.4 is 14.6 Å². The number of aromatic hydroxyl groups is 1. The summed E-state index contributed by atoms with van der Waals surface area (Å²) in [7, 11) is -9.14. The van der Waals surface area contributed by atoms with Gasteiger partial charge in [0.05, 0.1) is 4.90 Å². The Kier molecular flexibility index (Phi) is 30.1. The maximum Gasteiger partial charge on any atom is 2.00 e. The van der Waals surface area contributed by atoms with Crippen molar-refractivity contribution in [3.05, 3.63) is 96.1 Å². The third-order valence-electron chi connectivity index (χ3n) is 11.3. The van der Waals surface area contributed by atoms with Gasteiger partial charge in [-0.2, -0.15) is 8.42 Å². The molecule has 65 heavy (non-hydrogen) atoms. The summed E-state index contributed by atoms with van der Waals surface area (Å²) in [6.45, 7) is 4.50. The molecule has 2 N–H and O–H groups in total. The summed E-state index contributed by atoms with van der Waals surface area (Å²) in [5, 5.41) is 21.5. The van der Waals surface area contributed by atoms with Crippen LogP contribution in [0.4, 0.5) is 0 Å². The minimum atomic E-state index is -4.71. The van der Waals surface area contributed by atoms with Crippen molar-refractivity contribution in [1.29, 1.82) is 0 Å². The summed E-state index contributed by atoms with van der Waals surface area (Å²) < 4.78 is 77.4. The van der Waals surface area contributed by atoms with Gasteiger partial charge in [0.1, 0.15) is 43.8 Å². The van der Waals surface area contributed by atoms with Gasteiger partial charge in [0.15, 0.2) is 0 Å². The summed E-state index contributed by atoms with van der Waals surface area (Å²) in [6.07, 6.45) is 32.8. The molecule has 4 rings (SSSR count). The number of benzene rings is 4. The van der Waals surface area contributed by atoms with Gasteiger partial charge in [0.25, 0.3) is 10.1 Å². The Hall–Kier alpha value is -2.84. The van der Waals surface area contributed by atoms with Gasteiger partial charge in [-0.25, -0.2) is 8.42 Å². The van der Waals surface area contributed by atoms with Gasteiger partial charge in [-0.05, 0) is 61.1 Å². The average molecular weight is 963 g/mol. The fourth-order valence-corrected chi connectivity index (χ4v) is 8.76. The minimum absolute atomic E-state index is 0. The van der Waals surface area contributed by atoms with Crippen LogP contribution in [0.5, 0.6) is 34.5 Å². The summed E-state index contributed by atoms with van der Waals surface area (Å²) in [4.78, 5) is -0.968. The normalized spacial score (nSPS) is 11.4. The second kappa shape index (κ2) is 33.6. The number of rotatable bonds is 32. The SMILES string of the molecule is CCCCCCCCCCCCCCc1ccccc1Oc1cc(O)cc(S(=O)(=O)O)c1.CCCCCCCCCCCCCCc1ccccc1Oc1cc([O-])cc(S(=O)(=O)[O-])c1.[Ca+2]. The van der Waals surface area contributed by atoms with Gasteiger partial charge in [0.2, 0.25) is 0 Å². The molecule has 0 saturated carbocycles. The molecule has 4 aromatic carbocycles. The monoisotopic (exact) mass is 962 g/mol. The Bertz CT molecular complexity index is 1970. The number of phenolic OH excluding ortho intramolecular Hbond substituents is 1. The largest absolute Gasteiger partial charge is 2.00 e.